The Morgan fingerprint density at radius 2 is 1.91 bits per heavy atom. The van der Waals surface area contributed by atoms with Gasteiger partial charge in [-0.15, -0.1) is 0 Å². The number of benzene rings is 1. The molecule has 1 heterocycles. The molecule has 8 heteroatoms. The Bertz CT molecular complexity index is 784. The number of aromatic nitrogens is 1. The highest BCUT2D eigenvalue weighted by Crippen LogP contribution is 2.26. The van der Waals surface area contributed by atoms with Crippen molar-refractivity contribution in [1.29, 1.82) is 0 Å². The van der Waals surface area contributed by atoms with Gasteiger partial charge >= 0.3 is 12.1 Å². The molecule has 2 rings (SSSR count). The lowest BCUT2D eigenvalue weighted by atomic mass is 10.2. The topological polar surface area (TPSA) is 112 Å². The molecule has 0 atom stereocenters. The molecular formula is C14H14N2O6. The minimum absolute atomic E-state index is 0.189. The molecule has 0 aliphatic rings. The molecule has 0 aliphatic heterocycles. The molecule has 0 fully saturated rings. The van der Waals surface area contributed by atoms with E-state index in [1.165, 1.54) is 24.3 Å². The highest BCUT2D eigenvalue weighted by molar-refractivity contribution is 6.01. The Hall–Kier alpha value is -2.90. The quantitative estimate of drug-likeness (QED) is 0.674. The summed E-state index contributed by atoms with van der Waals surface area (Å²) in [5.41, 5.74) is -1.07. The van der Waals surface area contributed by atoms with Crippen molar-refractivity contribution in [3.8, 4) is 0 Å². The zero-order valence-corrected chi connectivity index (χ0v) is 12.2. The fourth-order valence-electron chi connectivity index (χ4n) is 1.98. The number of rotatable bonds is 2. The second-order valence-corrected chi connectivity index (χ2v) is 5.65. The molecule has 1 aromatic carbocycles. The summed E-state index contributed by atoms with van der Waals surface area (Å²) in [6.07, 6.45) is -0.853. The number of nitro groups is 1. The van der Waals surface area contributed by atoms with Gasteiger partial charge in [0.25, 0.3) is 5.69 Å². The predicted octanol–water partition coefficient (Wildman–Crippen LogP) is 3.03. The van der Waals surface area contributed by atoms with E-state index in [-0.39, 0.29) is 22.3 Å². The van der Waals surface area contributed by atoms with E-state index >= 15 is 0 Å². The lowest BCUT2D eigenvalue weighted by Gasteiger charge is -2.20. The maximum Gasteiger partial charge on any atom is 0.419 e. The molecule has 0 saturated heterocycles. The first kappa shape index (κ1) is 15.5. The van der Waals surface area contributed by atoms with Crippen LogP contribution in [0, 0.1) is 10.1 Å². The van der Waals surface area contributed by atoms with Crippen molar-refractivity contribution in [2.75, 3.05) is 0 Å². The smallest absolute Gasteiger partial charge is 0.419 e. The molecule has 8 nitrogen and oxygen atoms in total. The van der Waals surface area contributed by atoms with Gasteiger partial charge < -0.3 is 9.84 Å². The predicted molar refractivity (Wildman–Crippen MR) is 77.2 cm³/mol. The number of hydrogen-bond donors (Lipinski definition) is 1. The van der Waals surface area contributed by atoms with E-state index in [0.717, 1.165) is 4.57 Å². The summed E-state index contributed by atoms with van der Waals surface area (Å²) in [5.74, 6) is -1.33. The van der Waals surface area contributed by atoms with Gasteiger partial charge in [0.15, 0.2) is 0 Å². The lowest BCUT2D eigenvalue weighted by molar-refractivity contribution is -0.384. The summed E-state index contributed by atoms with van der Waals surface area (Å²) in [7, 11) is 0. The largest absolute Gasteiger partial charge is 0.477 e. The molecule has 0 bridgehead atoms. The van der Waals surface area contributed by atoms with E-state index in [9.17, 15) is 24.8 Å². The van der Waals surface area contributed by atoms with Gasteiger partial charge in [-0.25, -0.2) is 14.2 Å². The fourth-order valence-corrected chi connectivity index (χ4v) is 1.98. The van der Waals surface area contributed by atoms with Crippen LogP contribution in [0.4, 0.5) is 10.5 Å². The van der Waals surface area contributed by atoms with Crippen molar-refractivity contribution in [3.05, 3.63) is 40.1 Å². The second kappa shape index (κ2) is 5.14. The minimum Gasteiger partial charge on any atom is -0.477 e. The number of carbonyl (C=O) groups excluding carboxylic acids is 1. The van der Waals surface area contributed by atoms with Gasteiger partial charge in [0, 0.05) is 17.5 Å². The first-order valence-corrected chi connectivity index (χ1v) is 6.37. The Labute approximate surface area is 125 Å². The molecular weight excluding hydrogens is 292 g/mol. The number of fused-ring (bicyclic) bond motifs is 1. The summed E-state index contributed by atoms with van der Waals surface area (Å²) < 4.78 is 6.08. The second-order valence-electron chi connectivity index (χ2n) is 5.65. The molecule has 0 saturated carbocycles. The summed E-state index contributed by atoms with van der Waals surface area (Å²) in [4.78, 5) is 33.7. The average molecular weight is 306 g/mol. The van der Waals surface area contributed by atoms with Gasteiger partial charge in [-0.2, -0.15) is 0 Å². The Kier molecular flexibility index (Phi) is 3.62. The molecule has 116 valence electrons. The van der Waals surface area contributed by atoms with Gasteiger partial charge in [-0.05, 0) is 32.9 Å². The number of ether oxygens (including phenoxy) is 1. The molecule has 0 spiro atoms. The van der Waals surface area contributed by atoms with Crippen LogP contribution >= 0.6 is 0 Å². The molecule has 0 unspecified atom stereocenters. The zero-order valence-electron chi connectivity index (χ0n) is 12.2. The van der Waals surface area contributed by atoms with E-state index in [2.05, 4.69) is 0 Å². The van der Waals surface area contributed by atoms with Crippen LogP contribution in [0.15, 0.2) is 24.3 Å². The van der Waals surface area contributed by atoms with Gasteiger partial charge in [-0.1, -0.05) is 0 Å². The zero-order chi connectivity index (χ0) is 16.7. The summed E-state index contributed by atoms with van der Waals surface area (Å²) >= 11 is 0. The van der Waals surface area contributed by atoms with E-state index in [4.69, 9.17) is 4.74 Å². The monoisotopic (exact) mass is 306 g/mol. The van der Waals surface area contributed by atoms with Crippen LogP contribution in [0.5, 0.6) is 0 Å². The van der Waals surface area contributed by atoms with Gasteiger partial charge in [0.05, 0.1) is 10.4 Å². The normalized spacial score (nSPS) is 11.4. The molecule has 0 amide bonds. The van der Waals surface area contributed by atoms with Crippen molar-refractivity contribution < 1.29 is 24.4 Å². The van der Waals surface area contributed by atoms with Gasteiger partial charge in [0.2, 0.25) is 0 Å². The van der Waals surface area contributed by atoms with Crippen LogP contribution in [-0.2, 0) is 4.74 Å². The van der Waals surface area contributed by atoms with Gasteiger partial charge in [0.1, 0.15) is 11.3 Å². The van der Waals surface area contributed by atoms with Crippen LogP contribution in [0.2, 0.25) is 0 Å². The number of carbonyl (C=O) groups is 2. The number of carboxylic acid groups (broad SMARTS) is 1. The Balaban J connectivity index is 2.65. The van der Waals surface area contributed by atoms with Crippen LogP contribution in [0.3, 0.4) is 0 Å². The van der Waals surface area contributed by atoms with Crippen LogP contribution in [0.25, 0.3) is 10.9 Å². The van der Waals surface area contributed by atoms with Crippen molar-refractivity contribution in [2.24, 2.45) is 0 Å². The fraction of sp³-hybridized carbons (Fsp3) is 0.286. The number of hydrogen-bond acceptors (Lipinski definition) is 5. The third-order valence-electron chi connectivity index (χ3n) is 2.79. The number of non-ortho nitro benzene ring substituents is 1. The highest BCUT2D eigenvalue weighted by atomic mass is 16.6. The van der Waals surface area contributed by atoms with Crippen LogP contribution < -0.4 is 0 Å². The highest BCUT2D eigenvalue weighted by Gasteiger charge is 2.25. The third-order valence-corrected chi connectivity index (χ3v) is 2.79. The van der Waals surface area contributed by atoms with E-state index in [1.54, 1.807) is 20.8 Å². The maximum atomic E-state index is 12.2. The average Bonchev–Trinajstić information content (AvgIpc) is 2.74. The van der Waals surface area contributed by atoms with E-state index in [1.807, 2.05) is 0 Å². The van der Waals surface area contributed by atoms with Crippen LogP contribution in [-0.4, -0.2) is 32.3 Å². The first-order chi connectivity index (χ1) is 10.1. The molecule has 1 N–H and O–H groups in total. The molecule has 0 radical (unpaired) electrons. The summed E-state index contributed by atoms with van der Waals surface area (Å²) in [6.45, 7) is 4.96. The third kappa shape index (κ3) is 2.90. The van der Waals surface area contributed by atoms with Crippen LogP contribution in [0.1, 0.15) is 31.3 Å². The van der Waals surface area contributed by atoms with Crippen molar-refractivity contribution in [1.82, 2.24) is 4.57 Å². The van der Waals surface area contributed by atoms with Gasteiger partial charge in [-0.3, -0.25) is 10.1 Å². The standard InChI is InChI=1S/C14H14N2O6/c1-14(2,3)22-13(19)15-10-5-4-9(16(20)21)6-8(10)7-11(15)12(17)18/h4-7H,1-3H3,(H,17,18). The van der Waals surface area contributed by atoms with Crippen molar-refractivity contribution in [2.45, 2.75) is 26.4 Å². The molecule has 0 aliphatic carbocycles. The van der Waals surface area contributed by atoms with E-state index < -0.39 is 22.6 Å². The maximum absolute atomic E-state index is 12.2. The number of aromatic carboxylic acids is 1. The SMILES string of the molecule is CC(C)(C)OC(=O)n1c(C(=O)O)cc2cc([N+](=O)[O-])ccc21. The lowest BCUT2D eigenvalue weighted by Crippen LogP contribution is -2.28. The number of nitro benzene ring substituents is 1. The van der Waals surface area contributed by atoms with Crippen molar-refractivity contribution in [3.63, 3.8) is 0 Å². The first-order valence-electron chi connectivity index (χ1n) is 6.37. The molecule has 2 aromatic rings. The summed E-state index contributed by atoms with van der Waals surface area (Å²) in [6, 6.07) is 4.94. The molecule has 1 aromatic heterocycles. The molecule has 22 heavy (non-hydrogen) atoms. The minimum atomic E-state index is -1.33. The number of carboxylic acids is 1. The number of nitrogens with zero attached hydrogens (tertiary/aromatic N) is 2. The van der Waals surface area contributed by atoms with E-state index in [0.29, 0.717) is 0 Å². The van der Waals surface area contributed by atoms with Crippen molar-refractivity contribution >= 4 is 28.7 Å². The Morgan fingerprint density at radius 3 is 2.41 bits per heavy atom. The summed E-state index contributed by atoms with van der Waals surface area (Å²) in [5, 5.41) is 20.3. The Morgan fingerprint density at radius 1 is 1.27 bits per heavy atom.